The summed E-state index contributed by atoms with van der Waals surface area (Å²) in [7, 11) is -0.524. The molecule has 42 heavy (non-hydrogen) atoms. The highest BCUT2D eigenvalue weighted by Crippen LogP contribution is 2.46. The van der Waals surface area contributed by atoms with E-state index in [-0.39, 0.29) is 38.4 Å². The first kappa shape index (κ1) is 32.3. The van der Waals surface area contributed by atoms with Gasteiger partial charge in [0.2, 0.25) is 5.75 Å². The van der Waals surface area contributed by atoms with E-state index >= 15 is 0 Å². The lowest BCUT2D eigenvalue weighted by Gasteiger charge is -2.22. The molecule has 0 aliphatic rings. The standard InChI is InChI=1S/C23H22F6N4O8S/c1-11(22(24,25)26)40-15-7-6-12(42(35,36)33(2)41-21(34)23(27,28)29)8-13(15)32-20-17-14(30-10-31-20)9-16(37-3)18(38-4)19(17)39-5/h6-11H,1-5H3,(H,30,31,32). The number of fused-ring (bicyclic) bond motifs is 1. The fourth-order valence-electron chi connectivity index (χ4n) is 3.40. The zero-order chi connectivity index (χ0) is 31.6. The number of hydrogen-bond donors (Lipinski definition) is 1. The van der Waals surface area contributed by atoms with Crippen molar-refractivity contribution in [2.24, 2.45) is 0 Å². The van der Waals surface area contributed by atoms with Crippen molar-refractivity contribution in [1.29, 1.82) is 0 Å². The van der Waals surface area contributed by atoms with Crippen LogP contribution >= 0.6 is 0 Å². The van der Waals surface area contributed by atoms with E-state index in [2.05, 4.69) is 20.1 Å². The summed E-state index contributed by atoms with van der Waals surface area (Å²) in [5, 5.41) is 2.78. The van der Waals surface area contributed by atoms with E-state index in [0.717, 1.165) is 24.5 Å². The number of ether oxygens (including phenoxy) is 4. The SMILES string of the molecule is COc1cc2ncnc(Nc3cc(S(=O)(=O)N(C)OC(=O)C(F)(F)F)ccc3OC(C)C(F)(F)F)c2c(OC)c1OC. The molecule has 0 bridgehead atoms. The van der Waals surface area contributed by atoms with Crippen molar-refractivity contribution in [1.82, 2.24) is 14.4 Å². The number of anilines is 2. The van der Waals surface area contributed by atoms with Gasteiger partial charge >= 0.3 is 18.3 Å². The van der Waals surface area contributed by atoms with Crippen LogP contribution in [0.3, 0.4) is 0 Å². The molecule has 0 aliphatic carbocycles. The number of rotatable bonds is 10. The van der Waals surface area contributed by atoms with Crippen molar-refractivity contribution in [3.63, 3.8) is 0 Å². The van der Waals surface area contributed by atoms with Crippen LogP contribution in [0.5, 0.6) is 23.0 Å². The second-order valence-electron chi connectivity index (χ2n) is 8.14. The van der Waals surface area contributed by atoms with E-state index in [1.54, 1.807) is 0 Å². The Labute approximate surface area is 234 Å². The second-order valence-corrected chi connectivity index (χ2v) is 10.1. The number of methoxy groups -OCH3 is 3. The van der Waals surface area contributed by atoms with Gasteiger partial charge in [-0.3, -0.25) is 0 Å². The third-order valence-electron chi connectivity index (χ3n) is 5.48. The molecule has 1 aromatic heterocycles. The first-order valence-electron chi connectivity index (χ1n) is 11.3. The number of hydroxylamine groups is 1. The Balaban J connectivity index is 2.19. The van der Waals surface area contributed by atoms with E-state index in [0.29, 0.717) is 14.0 Å². The lowest BCUT2D eigenvalue weighted by atomic mass is 10.1. The Kier molecular flexibility index (Phi) is 9.16. The molecule has 1 N–H and O–H groups in total. The Morgan fingerprint density at radius 3 is 2.14 bits per heavy atom. The number of halogens is 6. The molecule has 1 heterocycles. The molecule has 0 aliphatic heterocycles. The summed E-state index contributed by atoms with van der Waals surface area (Å²) in [6.07, 6.45) is -11.7. The van der Waals surface area contributed by atoms with Crippen molar-refractivity contribution in [2.45, 2.75) is 30.3 Å². The van der Waals surface area contributed by atoms with Gasteiger partial charge in [0.1, 0.15) is 17.9 Å². The zero-order valence-electron chi connectivity index (χ0n) is 22.2. The number of carbonyl (C=O) groups excluding carboxylic acids is 1. The van der Waals surface area contributed by atoms with Crippen LogP contribution in [-0.4, -0.2) is 75.7 Å². The van der Waals surface area contributed by atoms with Gasteiger partial charge < -0.3 is 29.1 Å². The summed E-state index contributed by atoms with van der Waals surface area (Å²) in [6.45, 7) is 0.694. The highest BCUT2D eigenvalue weighted by molar-refractivity contribution is 7.89. The van der Waals surface area contributed by atoms with Crippen LogP contribution in [0.25, 0.3) is 10.9 Å². The van der Waals surface area contributed by atoms with E-state index in [9.17, 15) is 39.6 Å². The Morgan fingerprint density at radius 1 is 0.952 bits per heavy atom. The number of nitrogens with one attached hydrogen (secondary N) is 1. The molecule has 0 saturated carbocycles. The number of hydrogen-bond acceptors (Lipinski definition) is 11. The van der Waals surface area contributed by atoms with E-state index in [4.69, 9.17) is 18.9 Å². The molecule has 3 rings (SSSR count). The number of carbonyl (C=O) groups is 1. The molecule has 19 heteroatoms. The summed E-state index contributed by atoms with van der Waals surface area (Å²) in [6, 6.07) is 3.74. The van der Waals surface area contributed by atoms with Crippen molar-refractivity contribution in [3.05, 3.63) is 30.6 Å². The van der Waals surface area contributed by atoms with E-state index in [1.807, 2.05) is 0 Å². The number of alkyl halides is 6. The van der Waals surface area contributed by atoms with E-state index in [1.165, 1.54) is 27.4 Å². The maximum absolute atomic E-state index is 13.3. The fraction of sp³-hybridized carbons (Fsp3) is 0.348. The van der Waals surface area contributed by atoms with Crippen LogP contribution in [0.4, 0.5) is 37.8 Å². The Morgan fingerprint density at radius 2 is 1.60 bits per heavy atom. The number of nitrogens with zero attached hydrogens (tertiary/aromatic N) is 3. The van der Waals surface area contributed by atoms with Gasteiger partial charge in [-0.15, -0.1) is 0 Å². The first-order valence-corrected chi connectivity index (χ1v) is 12.8. The smallest absolute Gasteiger partial charge is 0.492 e. The average Bonchev–Trinajstić information content (AvgIpc) is 2.91. The quantitative estimate of drug-likeness (QED) is 0.253. The average molecular weight is 629 g/mol. The fourth-order valence-corrected chi connectivity index (χ4v) is 4.37. The van der Waals surface area contributed by atoms with Crippen molar-refractivity contribution >= 4 is 38.4 Å². The molecule has 0 amide bonds. The van der Waals surface area contributed by atoms with Crippen LogP contribution in [0.1, 0.15) is 6.92 Å². The van der Waals surface area contributed by atoms with Gasteiger partial charge in [0.05, 0.1) is 42.8 Å². The van der Waals surface area contributed by atoms with Crippen LogP contribution in [-0.2, 0) is 19.7 Å². The maximum Gasteiger partial charge on any atom is 0.492 e. The minimum Gasteiger partial charge on any atom is -0.493 e. The number of benzene rings is 2. The maximum atomic E-state index is 13.3. The van der Waals surface area contributed by atoms with Gasteiger partial charge in [0, 0.05) is 13.1 Å². The van der Waals surface area contributed by atoms with Crippen molar-refractivity contribution < 1.29 is 63.3 Å². The molecule has 230 valence electrons. The molecule has 0 saturated heterocycles. The lowest BCUT2D eigenvalue weighted by molar-refractivity contribution is -0.219. The topological polar surface area (TPSA) is 138 Å². The normalized spacial score (nSPS) is 13.0. The predicted molar refractivity (Wildman–Crippen MR) is 132 cm³/mol. The Hall–Kier alpha value is -4.26. The third kappa shape index (κ3) is 6.62. The van der Waals surface area contributed by atoms with Crippen molar-refractivity contribution in [2.75, 3.05) is 33.7 Å². The first-order chi connectivity index (χ1) is 19.4. The summed E-state index contributed by atoms with van der Waals surface area (Å²) in [4.78, 5) is 22.5. The molecule has 2 aromatic carbocycles. The number of aromatic nitrogens is 2. The minimum absolute atomic E-state index is 0.0312. The molecule has 0 fully saturated rings. The van der Waals surface area contributed by atoms with Gasteiger partial charge in [-0.1, -0.05) is 0 Å². The lowest BCUT2D eigenvalue weighted by Crippen LogP contribution is -2.36. The molecule has 12 nitrogen and oxygen atoms in total. The van der Waals surface area contributed by atoms with Gasteiger partial charge in [-0.25, -0.2) is 23.2 Å². The van der Waals surface area contributed by atoms with Gasteiger partial charge in [-0.05, 0) is 29.6 Å². The van der Waals surface area contributed by atoms with E-state index < -0.39 is 50.8 Å². The summed E-state index contributed by atoms with van der Waals surface area (Å²) in [5.74, 6) is -3.15. The summed E-state index contributed by atoms with van der Waals surface area (Å²) in [5.41, 5.74) is -0.227. The summed E-state index contributed by atoms with van der Waals surface area (Å²) >= 11 is 0. The molecule has 3 aromatic rings. The predicted octanol–water partition coefficient (Wildman–Crippen LogP) is 4.37. The zero-order valence-corrected chi connectivity index (χ0v) is 23.1. The van der Waals surface area contributed by atoms with Gasteiger partial charge in [-0.2, -0.15) is 26.3 Å². The second kappa shape index (κ2) is 11.9. The number of sulfonamides is 1. The molecule has 0 spiro atoms. The van der Waals surface area contributed by atoms with Crippen LogP contribution in [0, 0.1) is 0 Å². The minimum atomic E-state index is -5.52. The molecule has 1 atom stereocenters. The monoisotopic (exact) mass is 628 g/mol. The highest BCUT2D eigenvalue weighted by atomic mass is 32.2. The van der Waals surface area contributed by atoms with Crippen LogP contribution < -0.4 is 24.3 Å². The third-order valence-corrected chi connectivity index (χ3v) is 7.08. The van der Waals surface area contributed by atoms with Gasteiger partial charge in [0.15, 0.2) is 17.6 Å². The van der Waals surface area contributed by atoms with Crippen molar-refractivity contribution in [3.8, 4) is 23.0 Å². The summed E-state index contributed by atoms with van der Waals surface area (Å²) < 4.78 is 124. The van der Waals surface area contributed by atoms with Crippen LogP contribution in [0.2, 0.25) is 0 Å². The highest BCUT2D eigenvalue weighted by Gasteiger charge is 2.44. The largest absolute Gasteiger partial charge is 0.493 e. The Bertz CT molecular complexity index is 1580. The molecular formula is C23H22F6N4O8S. The molecule has 0 radical (unpaired) electrons. The van der Waals surface area contributed by atoms with Crippen LogP contribution in [0.15, 0.2) is 35.5 Å². The molecule has 1 unspecified atom stereocenters. The van der Waals surface area contributed by atoms with Gasteiger partial charge in [0.25, 0.3) is 10.0 Å². The molecular weight excluding hydrogens is 606 g/mol.